The van der Waals surface area contributed by atoms with Crippen molar-refractivity contribution >= 4 is 34.8 Å². The van der Waals surface area contributed by atoms with Crippen LogP contribution in [0.5, 0.6) is 0 Å². The summed E-state index contributed by atoms with van der Waals surface area (Å²) >= 11 is 12.4. The van der Waals surface area contributed by atoms with Gasteiger partial charge in [-0.25, -0.2) is 9.07 Å². The van der Waals surface area contributed by atoms with Crippen LogP contribution in [0.2, 0.25) is 10.0 Å². The zero-order chi connectivity index (χ0) is 24.0. The second kappa shape index (κ2) is 8.76. The quantitative estimate of drug-likeness (QED) is 0.591. The first-order chi connectivity index (χ1) is 16.3. The van der Waals surface area contributed by atoms with Gasteiger partial charge in [0.2, 0.25) is 5.91 Å². The van der Waals surface area contributed by atoms with Crippen molar-refractivity contribution in [3.05, 3.63) is 80.4 Å². The zero-order valence-electron chi connectivity index (χ0n) is 18.6. The minimum Gasteiger partial charge on any atom is -0.339 e. The third-order valence-corrected chi connectivity index (χ3v) is 7.60. The van der Waals surface area contributed by atoms with E-state index in [1.54, 1.807) is 11.7 Å². The minimum atomic E-state index is -0.579. The van der Waals surface area contributed by atoms with Gasteiger partial charge in [0.15, 0.2) is 0 Å². The smallest absolute Gasteiger partial charge is 0.290 e. The van der Waals surface area contributed by atoms with Gasteiger partial charge in [0.1, 0.15) is 16.4 Å². The fourth-order valence-corrected chi connectivity index (χ4v) is 5.46. The van der Waals surface area contributed by atoms with Crippen LogP contribution < -0.4 is 15.8 Å². The second-order valence-corrected chi connectivity index (χ2v) is 9.52. The van der Waals surface area contributed by atoms with Crippen molar-refractivity contribution in [1.29, 1.82) is 0 Å². The van der Waals surface area contributed by atoms with E-state index in [4.69, 9.17) is 23.2 Å². The van der Waals surface area contributed by atoms with Crippen LogP contribution in [0, 0.1) is 5.82 Å². The van der Waals surface area contributed by atoms with Gasteiger partial charge < -0.3 is 10.2 Å². The number of rotatable bonds is 4. The maximum absolute atomic E-state index is 13.6. The van der Waals surface area contributed by atoms with Crippen molar-refractivity contribution in [2.45, 2.75) is 24.9 Å². The summed E-state index contributed by atoms with van der Waals surface area (Å²) in [5.74, 6) is -0.498. The molecule has 34 heavy (non-hydrogen) atoms. The summed E-state index contributed by atoms with van der Waals surface area (Å²) in [7, 11) is 1.74. The molecule has 2 saturated heterocycles. The third kappa shape index (κ3) is 3.70. The first kappa shape index (κ1) is 23.0. The molecule has 5 rings (SSSR count). The predicted octanol–water partition coefficient (Wildman–Crippen LogP) is 3.55. The van der Waals surface area contributed by atoms with Crippen LogP contribution in [0.4, 0.5) is 10.1 Å². The molecule has 3 aromatic rings. The number of anilines is 1. The molecule has 7 nitrogen and oxygen atoms in total. The Morgan fingerprint density at radius 2 is 1.74 bits per heavy atom. The van der Waals surface area contributed by atoms with Gasteiger partial charge in [0.25, 0.3) is 5.56 Å². The molecule has 0 saturated carbocycles. The molecular formula is C24H24Cl2FN5O2. The summed E-state index contributed by atoms with van der Waals surface area (Å²) in [5.41, 5.74) is 1.14. The molecule has 10 heteroatoms. The number of nitrogens with zero attached hydrogens (tertiary/aromatic N) is 4. The molecule has 0 unspecified atom stereocenters. The highest BCUT2D eigenvalue weighted by Gasteiger charge is 2.50. The highest BCUT2D eigenvalue weighted by Crippen LogP contribution is 2.36. The van der Waals surface area contributed by atoms with Crippen molar-refractivity contribution < 1.29 is 9.18 Å². The molecule has 0 radical (unpaired) electrons. The van der Waals surface area contributed by atoms with E-state index in [0.29, 0.717) is 50.5 Å². The van der Waals surface area contributed by atoms with Crippen LogP contribution >= 0.6 is 23.2 Å². The van der Waals surface area contributed by atoms with Gasteiger partial charge in [-0.15, -0.1) is 0 Å². The van der Waals surface area contributed by atoms with E-state index in [1.807, 2.05) is 30.3 Å². The number of hydrogen-bond donors (Lipinski definition) is 1. The lowest BCUT2D eigenvalue weighted by Gasteiger charge is -2.43. The van der Waals surface area contributed by atoms with Crippen LogP contribution in [0.15, 0.2) is 53.3 Å². The summed E-state index contributed by atoms with van der Waals surface area (Å²) in [4.78, 5) is 30.1. The zero-order valence-corrected chi connectivity index (χ0v) is 20.1. The lowest BCUT2D eigenvalue weighted by atomic mass is 9.85. The molecule has 0 atom stereocenters. The summed E-state index contributed by atoms with van der Waals surface area (Å²) in [6.45, 7) is 2.30. The average molecular weight is 504 g/mol. The van der Waals surface area contributed by atoms with Gasteiger partial charge >= 0.3 is 0 Å². The van der Waals surface area contributed by atoms with E-state index in [-0.39, 0.29) is 21.5 Å². The lowest BCUT2D eigenvalue weighted by Crippen LogP contribution is -2.56. The van der Waals surface area contributed by atoms with Crippen molar-refractivity contribution in [3.63, 3.8) is 0 Å². The number of aromatic nitrogens is 2. The molecule has 1 spiro atoms. The van der Waals surface area contributed by atoms with E-state index >= 15 is 0 Å². The van der Waals surface area contributed by atoms with Crippen LogP contribution in [0.1, 0.15) is 18.5 Å². The minimum absolute atomic E-state index is 0.0563. The fraction of sp³-hybridized carbons (Fsp3) is 0.333. The predicted molar refractivity (Wildman–Crippen MR) is 130 cm³/mol. The number of amides is 1. The summed E-state index contributed by atoms with van der Waals surface area (Å²) in [6, 6.07) is 14.1. The molecule has 2 aliphatic heterocycles. The van der Waals surface area contributed by atoms with Crippen molar-refractivity contribution in [3.8, 4) is 5.69 Å². The topological polar surface area (TPSA) is 62.5 Å². The largest absolute Gasteiger partial charge is 0.339 e. The van der Waals surface area contributed by atoms with Crippen molar-refractivity contribution in [2.24, 2.45) is 7.05 Å². The highest BCUT2D eigenvalue weighted by molar-refractivity contribution is 6.31. The first-order valence-corrected chi connectivity index (χ1v) is 11.8. The van der Waals surface area contributed by atoms with Crippen LogP contribution in [-0.2, 0) is 18.4 Å². The maximum Gasteiger partial charge on any atom is 0.290 e. The number of hydrogen-bond acceptors (Lipinski definition) is 4. The number of halogens is 3. The Balaban J connectivity index is 1.37. The standard InChI is InChI=1S/C24H24Cl2FN5O2/c1-29-20(21(26)22(33)32(29)17-7-8-19(27)18(25)13-17)14-30-11-9-24(10-12-30)23(34)28-15-31(24)16-5-3-2-4-6-16/h2-8,13H,9-12,14-15H2,1H3,(H,28,34). The van der Waals surface area contributed by atoms with Crippen molar-refractivity contribution in [1.82, 2.24) is 19.6 Å². The maximum atomic E-state index is 13.6. The fourth-order valence-electron chi connectivity index (χ4n) is 5.02. The molecule has 0 bridgehead atoms. The number of carbonyl (C=O) groups is 1. The Labute approximate surface area is 206 Å². The molecule has 1 aromatic heterocycles. The molecule has 1 N–H and O–H groups in total. The molecule has 3 heterocycles. The Morgan fingerprint density at radius 1 is 1.03 bits per heavy atom. The van der Waals surface area contributed by atoms with Crippen LogP contribution in [0.25, 0.3) is 5.69 Å². The summed E-state index contributed by atoms with van der Waals surface area (Å²) in [5, 5.41) is 3.06. The summed E-state index contributed by atoms with van der Waals surface area (Å²) < 4.78 is 16.7. The lowest BCUT2D eigenvalue weighted by molar-refractivity contribution is -0.125. The van der Waals surface area contributed by atoms with Gasteiger partial charge in [-0.1, -0.05) is 41.4 Å². The highest BCUT2D eigenvalue weighted by atomic mass is 35.5. The molecule has 2 aromatic carbocycles. The number of nitrogens with one attached hydrogen (secondary N) is 1. The van der Waals surface area contributed by atoms with Crippen LogP contribution in [-0.4, -0.2) is 45.5 Å². The Kier molecular flexibility index (Phi) is 5.91. The normalized spacial score (nSPS) is 18.0. The van der Waals surface area contributed by atoms with E-state index < -0.39 is 11.4 Å². The van der Waals surface area contributed by atoms with Gasteiger partial charge in [0, 0.05) is 32.4 Å². The van der Waals surface area contributed by atoms with Gasteiger partial charge in [-0.3, -0.25) is 19.2 Å². The van der Waals surface area contributed by atoms with Gasteiger partial charge in [0.05, 0.1) is 23.1 Å². The first-order valence-electron chi connectivity index (χ1n) is 11.1. The van der Waals surface area contributed by atoms with Crippen LogP contribution in [0.3, 0.4) is 0 Å². The SMILES string of the molecule is Cn1c(CN2CCC3(CC2)C(=O)NCN3c2ccccc2)c(Cl)c(=O)n1-c1ccc(F)c(Cl)c1. The number of carbonyl (C=O) groups excluding carboxylic acids is 1. The Bertz CT molecular complexity index is 1300. The number of likely N-dealkylation sites (tertiary alicyclic amines) is 1. The molecule has 178 valence electrons. The molecule has 0 aliphatic carbocycles. The molecule has 2 aliphatic rings. The van der Waals surface area contributed by atoms with Crippen molar-refractivity contribution in [2.75, 3.05) is 24.7 Å². The third-order valence-electron chi connectivity index (χ3n) is 6.93. The molecular weight excluding hydrogens is 480 g/mol. The number of piperidine rings is 1. The molecule has 1 amide bonds. The van der Waals surface area contributed by atoms with E-state index in [9.17, 15) is 14.0 Å². The van der Waals surface area contributed by atoms with E-state index in [0.717, 1.165) is 5.69 Å². The summed E-state index contributed by atoms with van der Waals surface area (Å²) in [6.07, 6.45) is 1.32. The number of benzene rings is 2. The number of para-hydroxylation sites is 1. The Hall–Kier alpha value is -2.81. The average Bonchev–Trinajstić information content (AvgIpc) is 3.26. The molecule has 2 fully saturated rings. The van der Waals surface area contributed by atoms with Gasteiger partial charge in [-0.2, -0.15) is 0 Å². The second-order valence-electron chi connectivity index (χ2n) is 8.73. The van der Waals surface area contributed by atoms with E-state index in [1.165, 1.54) is 22.9 Å². The monoisotopic (exact) mass is 503 g/mol. The van der Waals surface area contributed by atoms with E-state index in [2.05, 4.69) is 15.1 Å². The van der Waals surface area contributed by atoms with Gasteiger partial charge in [-0.05, 0) is 43.2 Å². The Morgan fingerprint density at radius 3 is 2.41 bits per heavy atom.